The Hall–Kier alpha value is -0.570. The molecule has 0 amide bonds. The number of nitrogens with one attached hydrogen (secondary N) is 1. The van der Waals surface area contributed by atoms with Crippen LogP contribution in [0.25, 0.3) is 0 Å². The normalized spacial score (nSPS) is 14.5. The van der Waals surface area contributed by atoms with Crippen molar-refractivity contribution in [3.05, 3.63) is 34.3 Å². The highest BCUT2D eigenvalue weighted by atomic mass is 35.5. The number of halogens is 1. The Morgan fingerprint density at radius 3 is 2.56 bits per heavy atom. The average molecular weight is 270 g/mol. The van der Waals surface area contributed by atoms with Crippen LogP contribution in [-0.4, -0.2) is 25.8 Å². The lowest BCUT2D eigenvalue weighted by molar-refractivity contribution is 0.0658. The maximum absolute atomic E-state index is 6.30. The number of rotatable bonds is 7. The van der Waals surface area contributed by atoms with Gasteiger partial charge >= 0.3 is 0 Å². The lowest BCUT2D eigenvalue weighted by Crippen LogP contribution is -2.42. The van der Waals surface area contributed by atoms with Crippen molar-refractivity contribution >= 4 is 11.6 Å². The van der Waals surface area contributed by atoms with Crippen molar-refractivity contribution in [2.45, 2.75) is 45.8 Å². The number of hydrogen-bond donors (Lipinski definition) is 1. The molecule has 1 aromatic carbocycles. The minimum atomic E-state index is 0.224. The number of aryl methyl sites for hydroxylation is 1. The minimum absolute atomic E-state index is 0.224. The molecule has 0 heterocycles. The quantitative estimate of drug-likeness (QED) is 0.817. The van der Waals surface area contributed by atoms with Gasteiger partial charge < -0.3 is 10.1 Å². The zero-order chi connectivity index (χ0) is 13.5. The van der Waals surface area contributed by atoms with Crippen molar-refractivity contribution in [3.63, 3.8) is 0 Å². The number of methoxy groups -OCH3 is 1. The molecule has 3 heteroatoms. The number of likely N-dealkylation sites (N-methyl/N-ethyl adjacent to an activating group) is 1. The van der Waals surface area contributed by atoms with E-state index in [-0.39, 0.29) is 6.10 Å². The van der Waals surface area contributed by atoms with E-state index < -0.39 is 0 Å². The monoisotopic (exact) mass is 269 g/mol. The summed E-state index contributed by atoms with van der Waals surface area (Å²) in [4.78, 5) is 0. The van der Waals surface area contributed by atoms with E-state index in [1.165, 1.54) is 11.1 Å². The third-order valence-corrected chi connectivity index (χ3v) is 3.62. The van der Waals surface area contributed by atoms with Crippen LogP contribution >= 0.6 is 11.6 Å². The van der Waals surface area contributed by atoms with Crippen LogP contribution in [0, 0.1) is 6.92 Å². The molecular formula is C15H24ClNO. The topological polar surface area (TPSA) is 21.3 Å². The molecule has 0 aromatic heterocycles. The molecule has 2 nitrogen and oxygen atoms in total. The van der Waals surface area contributed by atoms with Crippen LogP contribution in [0.3, 0.4) is 0 Å². The van der Waals surface area contributed by atoms with E-state index in [0.717, 1.165) is 24.4 Å². The molecule has 0 aliphatic rings. The Bertz CT molecular complexity index is 364. The van der Waals surface area contributed by atoms with Gasteiger partial charge in [-0.2, -0.15) is 0 Å². The zero-order valence-electron chi connectivity index (χ0n) is 11.8. The second-order valence-corrected chi connectivity index (χ2v) is 5.05. The van der Waals surface area contributed by atoms with Crippen LogP contribution in [-0.2, 0) is 11.2 Å². The van der Waals surface area contributed by atoms with Crippen molar-refractivity contribution < 1.29 is 4.74 Å². The molecule has 102 valence electrons. The van der Waals surface area contributed by atoms with Gasteiger partial charge in [0.1, 0.15) is 0 Å². The third-order valence-electron chi connectivity index (χ3n) is 3.27. The maximum atomic E-state index is 6.30. The smallest absolute Gasteiger partial charge is 0.0724 e. The Balaban J connectivity index is 2.82. The number of benzene rings is 1. The molecule has 0 saturated heterocycles. The van der Waals surface area contributed by atoms with Crippen LogP contribution in [0.2, 0.25) is 5.02 Å². The van der Waals surface area contributed by atoms with E-state index in [0.29, 0.717) is 6.04 Å². The summed E-state index contributed by atoms with van der Waals surface area (Å²) >= 11 is 6.30. The molecule has 0 bridgehead atoms. The van der Waals surface area contributed by atoms with Gasteiger partial charge in [-0.25, -0.2) is 0 Å². The first-order valence-electron chi connectivity index (χ1n) is 6.63. The Morgan fingerprint density at radius 2 is 2.06 bits per heavy atom. The molecule has 1 rings (SSSR count). The van der Waals surface area contributed by atoms with Gasteiger partial charge in [0.05, 0.1) is 6.10 Å². The minimum Gasteiger partial charge on any atom is -0.380 e. The standard InChI is InChI=1S/C15H24ClNO/c1-5-15(18-4)14(17-6-2)10-12-8-7-11(3)9-13(12)16/h7-9,14-15,17H,5-6,10H2,1-4H3. The van der Waals surface area contributed by atoms with E-state index in [9.17, 15) is 0 Å². The summed E-state index contributed by atoms with van der Waals surface area (Å²) in [5, 5.41) is 4.34. The van der Waals surface area contributed by atoms with Gasteiger partial charge in [0.25, 0.3) is 0 Å². The first-order valence-corrected chi connectivity index (χ1v) is 7.01. The first-order chi connectivity index (χ1) is 8.62. The highest BCUT2D eigenvalue weighted by Gasteiger charge is 2.20. The van der Waals surface area contributed by atoms with Crippen LogP contribution in [0.15, 0.2) is 18.2 Å². The SMILES string of the molecule is CCNC(Cc1ccc(C)cc1Cl)C(CC)OC. The largest absolute Gasteiger partial charge is 0.380 e. The van der Waals surface area contributed by atoms with Gasteiger partial charge in [0, 0.05) is 18.2 Å². The summed E-state index contributed by atoms with van der Waals surface area (Å²) in [6, 6.07) is 6.56. The Kier molecular flexibility index (Phi) is 6.69. The van der Waals surface area contributed by atoms with E-state index in [2.05, 4.69) is 38.2 Å². The summed E-state index contributed by atoms with van der Waals surface area (Å²) in [7, 11) is 1.77. The highest BCUT2D eigenvalue weighted by molar-refractivity contribution is 6.31. The number of ether oxygens (including phenoxy) is 1. The molecule has 1 N–H and O–H groups in total. The van der Waals surface area contributed by atoms with Gasteiger partial charge in [-0.3, -0.25) is 0 Å². The van der Waals surface area contributed by atoms with Gasteiger partial charge in [-0.05, 0) is 43.5 Å². The molecule has 0 aliphatic heterocycles. The lowest BCUT2D eigenvalue weighted by atomic mass is 9.98. The molecule has 0 fully saturated rings. The average Bonchev–Trinajstić information content (AvgIpc) is 2.34. The first kappa shape index (κ1) is 15.5. The van der Waals surface area contributed by atoms with Crippen molar-refractivity contribution in [1.82, 2.24) is 5.32 Å². The Morgan fingerprint density at radius 1 is 1.33 bits per heavy atom. The van der Waals surface area contributed by atoms with E-state index in [1.54, 1.807) is 7.11 Å². The molecule has 18 heavy (non-hydrogen) atoms. The summed E-state index contributed by atoms with van der Waals surface area (Å²) in [5.41, 5.74) is 2.38. The van der Waals surface area contributed by atoms with Gasteiger partial charge in [0.15, 0.2) is 0 Å². The van der Waals surface area contributed by atoms with E-state index in [1.807, 2.05) is 6.07 Å². The summed E-state index contributed by atoms with van der Waals surface area (Å²) in [5.74, 6) is 0. The molecule has 0 spiro atoms. The predicted octanol–water partition coefficient (Wildman–Crippen LogP) is 3.59. The van der Waals surface area contributed by atoms with Crippen LogP contribution in [0.4, 0.5) is 0 Å². The fraction of sp³-hybridized carbons (Fsp3) is 0.600. The van der Waals surface area contributed by atoms with Crippen molar-refractivity contribution in [1.29, 1.82) is 0 Å². The molecule has 0 saturated carbocycles. The highest BCUT2D eigenvalue weighted by Crippen LogP contribution is 2.20. The molecule has 2 unspecified atom stereocenters. The second kappa shape index (κ2) is 7.78. The molecule has 0 aliphatic carbocycles. The third kappa shape index (κ3) is 4.27. The fourth-order valence-electron chi connectivity index (χ4n) is 2.27. The van der Waals surface area contributed by atoms with Crippen LogP contribution < -0.4 is 5.32 Å². The second-order valence-electron chi connectivity index (χ2n) is 4.65. The van der Waals surface area contributed by atoms with Gasteiger partial charge in [0.2, 0.25) is 0 Å². The van der Waals surface area contributed by atoms with Crippen molar-refractivity contribution in [2.24, 2.45) is 0 Å². The predicted molar refractivity (Wildman–Crippen MR) is 78.4 cm³/mol. The van der Waals surface area contributed by atoms with Crippen molar-refractivity contribution in [3.8, 4) is 0 Å². The summed E-state index contributed by atoms with van der Waals surface area (Å²) < 4.78 is 5.54. The molecule has 0 radical (unpaired) electrons. The van der Waals surface area contributed by atoms with E-state index >= 15 is 0 Å². The summed E-state index contributed by atoms with van der Waals surface area (Å²) in [6.07, 6.45) is 2.12. The Labute approximate surface area is 116 Å². The molecular weight excluding hydrogens is 246 g/mol. The van der Waals surface area contributed by atoms with Crippen molar-refractivity contribution in [2.75, 3.05) is 13.7 Å². The molecule has 2 atom stereocenters. The van der Waals surface area contributed by atoms with Crippen LogP contribution in [0.1, 0.15) is 31.4 Å². The fourth-order valence-corrected chi connectivity index (χ4v) is 2.58. The lowest BCUT2D eigenvalue weighted by Gasteiger charge is -2.26. The molecule has 1 aromatic rings. The van der Waals surface area contributed by atoms with Gasteiger partial charge in [-0.1, -0.05) is 37.6 Å². The van der Waals surface area contributed by atoms with E-state index in [4.69, 9.17) is 16.3 Å². The zero-order valence-corrected chi connectivity index (χ0v) is 12.6. The maximum Gasteiger partial charge on any atom is 0.0724 e. The summed E-state index contributed by atoms with van der Waals surface area (Å²) in [6.45, 7) is 7.26. The van der Waals surface area contributed by atoms with Gasteiger partial charge in [-0.15, -0.1) is 0 Å². The van der Waals surface area contributed by atoms with Crippen LogP contribution in [0.5, 0.6) is 0 Å². The number of hydrogen-bond acceptors (Lipinski definition) is 2.